The molecule has 9 nitrogen and oxygen atoms in total. The van der Waals surface area contributed by atoms with E-state index < -0.39 is 26.7 Å². The van der Waals surface area contributed by atoms with E-state index in [9.17, 15) is 23.3 Å². The molecule has 4 rings (SSSR count). The second-order valence-corrected chi connectivity index (χ2v) is 10.9. The van der Waals surface area contributed by atoms with Gasteiger partial charge >= 0.3 is 0 Å². The number of anilines is 1. The van der Waals surface area contributed by atoms with E-state index in [1.165, 1.54) is 28.6 Å². The second-order valence-electron chi connectivity index (χ2n) is 8.13. The summed E-state index contributed by atoms with van der Waals surface area (Å²) in [6.07, 6.45) is 0. The summed E-state index contributed by atoms with van der Waals surface area (Å²) in [6.45, 7) is 0.605. The standard InChI is InChI=1S/C24H22Cl2N4O5S/c25-18-14-19(26)16-20(15-18)27-24(31)23(17-6-2-1-3-7-17)28-10-12-29(13-11-28)36(34,35)22-9-5-4-8-21(22)30(32)33/h1-9,14-16,23H,10-13H2,(H,27,31)/t23-/m1/s1. The van der Waals surface area contributed by atoms with Gasteiger partial charge in [0.25, 0.3) is 5.69 Å². The van der Waals surface area contributed by atoms with Gasteiger partial charge in [0.1, 0.15) is 6.04 Å². The molecule has 0 radical (unpaired) electrons. The highest BCUT2D eigenvalue weighted by molar-refractivity contribution is 7.89. The number of sulfonamides is 1. The van der Waals surface area contributed by atoms with E-state index in [2.05, 4.69) is 5.32 Å². The molecular weight excluding hydrogens is 527 g/mol. The Morgan fingerprint density at radius 1 is 0.917 bits per heavy atom. The zero-order valence-electron chi connectivity index (χ0n) is 18.9. The first-order valence-electron chi connectivity index (χ1n) is 11.0. The van der Waals surface area contributed by atoms with Gasteiger partial charge in [-0.25, -0.2) is 8.42 Å². The molecule has 0 saturated carbocycles. The van der Waals surface area contributed by atoms with Crippen LogP contribution in [0.15, 0.2) is 77.7 Å². The van der Waals surface area contributed by atoms with Crippen LogP contribution in [0.5, 0.6) is 0 Å². The first-order valence-corrected chi connectivity index (χ1v) is 13.2. The Hall–Kier alpha value is -3.02. The molecule has 1 fully saturated rings. The third-order valence-corrected chi connectivity index (χ3v) is 8.19. The molecule has 3 aromatic carbocycles. The number of hydrogen-bond donors (Lipinski definition) is 1. The minimum absolute atomic E-state index is 0.0635. The third kappa shape index (κ3) is 5.69. The summed E-state index contributed by atoms with van der Waals surface area (Å²) in [7, 11) is -4.09. The molecule has 1 saturated heterocycles. The van der Waals surface area contributed by atoms with Gasteiger partial charge in [-0.1, -0.05) is 65.7 Å². The number of para-hydroxylation sites is 1. The largest absolute Gasteiger partial charge is 0.324 e. The molecule has 1 atom stereocenters. The van der Waals surface area contributed by atoms with Gasteiger partial charge < -0.3 is 5.32 Å². The lowest BCUT2D eigenvalue weighted by atomic mass is 10.0. The summed E-state index contributed by atoms with van der Waals surface area (Å²) in [5, 5.41) is 15.0. The highest BCUT2D eigenvalue weighted by atomic mass is 35.5. The number of benzene rings is 3. The molecule has 0 aromatic heterocycles. The monoisotopic (exact) mass is 548 g/mol. The highest BCUT2D eigenvalue weighted by Gasteiger charge is 2.37. The van der Waals surface area contributed by atoms with E-state index in [0.29, 0.717) is 15.7 Å². The molecule has 0 spiro atoms. The third-order valence-electron chi connectivity index (χ3n) is 5.81. The summed E-state index contributed by atoms with van der Waals surface area (Å²) in [4.78, 5) is 25.6. The summed E-state index contributed by atoms with van der Waals surface area (Å²) < 4.78 is 27.6. The molecule has 1 N–H and O–H groups in total. The average molecular weight is 549 g/mol. The molecule has 3 aromatic rings. The minimum atomic E-state index is -4.09. The number of rotatable bonds is 7. The second kappa shape index (κ2) is 10.9. The predicted octanol–water partition coefficient (Wildman–Crippen LogP) is 4.59. The van der Waals surface area contributed by atoms with E-state index in [0.717, 1.165) is 5.56 Å². The van der Waals surface area contributed by atoms with Crippen molar-refractivity contribution in [1.29, 1.82) is 0 Å². The summed E-state index contributed by atoms with van der Waals surface area (Å²) in [5.41, 5.74) is 0.704. The molecule has 0 bridgehead atoms. The van der Waals surface area contributed by atoms with Crippen LogP contribution in [0.1, 0.15) is 11.6 Å². The van der Waals surface area contributed by atoms with Gasteiger partial charge in [0.2, 0.25) is 15.9 Å². The van der Waals surface area contributed by atoms with Crippen LogP contribution in [0.25, 0.3) is 0 Å². The van der Waals surface area contributed by atoms with Crippen molar-refractivity contribution in [2.45, 2.75) is 10.9 Å². The summed E-state index contributed by atoms with van der Waals surface area (Å²) in [5.74, 6) is -0.325. The van der Waals surface area contributed by atoms with Gasteiger partial charge in [-0.05, 0) is 29.8 Å². The minimum Gasteiger partial charge on any atom is -0.324 e. The van der Waals surface area contributed by atoms with Crippen molar-refractivity contribution in [1.82, 2.24) is 9.21 Å². The molecule has 1 amide bonds. The van der Waals surface area contributed by atoms with Crippen LogP contribution in [-0.4, -0.2) is 54.6 Å². The predicted molar refractivity (Wildman–Crippen MR) is 138 cm³/mol. The normalized spacial score (nSPS) is 15.8. The average Bonchev–Trinajstić information content (AvgIpc) is 2.84. The van der Waals surface area contributed by atoms with Crippen molar-refractivity contribution in [3.63, 3.8) is 0 Å². The Bertz CT molecular complexity index is 1360. The molecule has 1 heterocycles. The lowest BCUT2D eigenvalue weighted by Crippen LogP contribution is -2.51. The Kier molecular flexibility index (Phi) is 7.91. The quantitative estimate of drug-likeness (QED) is 0.341. The number of halogens is 2. The molecule has 1 aliphatic heterocycles. The lowest BCUT2D eigenvalue weighted by molar-refractivity contribution is -0.387. The molecule has 188 valence electrons. The fourth-order valence-electron chi connectivity index (χ4n) is 4.17. The number of amides is 1. The molecule has 12 heteroatoms. The first-order chi connectivity index (χ1) is 17.2. The maximum absolute atomic E-state index is 13.4. The van der Waals surface area contributed by atoms with E-state index >= 15 is 0 Å². The van der Waals surface area contributed by atoms with Crippen molar-refractivity contribution >= 4 is 50.5 Å². The van der Waals surface area contributed by atoms with Gasteiger partial charge in [0.15, 0.2) is 4.90 Å². The SMILES string of the molecule is O=C(Nc1cc(Cl)cc(Cl)c1)[C@@H](c1ccccc1)N1CCN(S(=O)(=O)c2ccccc2[N+](=O)[O-])CC1. The van der Waals surface area contributed by atoms with Gasteiger partial charge in [0.05, 0.1) is 4.92 Å². The molecule has 0 unspecified atom stereocenters. The van der Waals surface area contributed by atoms with Crippen molar-refractivity contribution in [2.24, 2.45) is 0 Å². The van der Waals surface area contributed by atoms with Crippen LogP contribution in [0.3, 0.4) is 0 Å². The number of nitrogens with one attached hydrogen (secondary N) is 1. The highest BCUT2D eigenvalue weighted by Crippen LogP contribution is 2.30. The van der Waals surface area contributed by atoms with Crippen molar-refractivity contribution < 1.29 is 18.1 Å². The van der Waals surface area contributed by atoms with Crippen LogP contribution in [0.2, 0.25) is 10.0 Å². The topological polar surface area (TPSA) is 113 Å². The van der Waals surface area contributed by atoms with Gasteiger partial charge in [-0.3, -0.25) is 19.8 Å². The fourth-order valence-corrected chi connectivity index (χ4v) is 6.27. The van der Waals surface area contributed by atoms with Crippen LogP contribution in [0, 0.1) is 10.1 Å². The zero-order chi connectivity index (χ0) is 25.9. The molecule has 36 heavy (non-hydrogen) atoms. The number of nitro groups is 1. The summed E-state index contributed by atoms with van der Waals surface area (Å²) >= 11 is 12.1. The number of carbonyl (C=O) groups is 1. The van der Waals surface area contributed by atoms with E-state index in [1.54, 1.807) is 18.2 Å². The maximum Gasteiger partial charge on any atom is 0.289 e. The Morgan fingerprint density at radius 2 is 1.50 bits per heavy atom. The number of nitrogens with zero attached hydrogens (tertiary/aromatic N) is 3. The van der Waals surface area contributed by atoms with Gasteiger partial charge in [-0.15, -0.1) is 0 Å². The van der Waals surface area contributed by atoms with Crippen molar-refractivity contribution in [3.05, 3.63) is 98.5 Å². The van der Waals surface area contributed by atoms with Crippen LogP contribution in [-0.2, 0) is 14.8 Å². The fraction of sp³-hybridized carbons (Fsp3) is 0.208. The molecular formula is C24H22Cl2N4O5S. The summed E-state index contributed by atoms with van der Waals surface area (Å²) in [6, 6.07) is 18.4. The Morgan fingerprint density at radius 3 is 2.11 bits per heavy atom. The first kappa shape index (κ1) is 26.1. The Balaban J connectivity index is 1.56. The maximum atomic E-state index is 13.4. The number of hydrogen-bond acceptors (Lipinski definition) is 6. The van der Waals surface area contributed by atoms with Gasteiger partial charge in [0, 0.05) is 48.0 Å². The molecule has 0 aliphatic carbocycles. The Labute approximate surface area is 218 Å². The van der Waals surface area contributed by atoms with Crippen LogP contribution in [0.4, 0.5) is 11.4 Å². The van der Waals surface area contributed by atoms with E-state index in [-0.39, 0.29) is 37.0 Å². The van der Waals surface area contributed by atoms with Gasteiger partial charge in [-0.2, -0.15) is 4.31 Å². The van der Waals surface area contributed by atoms with E-state index in [1.807, 2.05) is 35.2 Å². The van der Waals surface area contributed by atoms with Crippen LogP contribution >= 0.6 is 23.2 Å². The number of nitro benzene ring substituents is 1. The van der Waals surface area contributed by atoms with Crippen molar-refractivity contribution in [2.75, 3.05) is 31.5 Å². The smallest absolute Gasteiger partial charge is 0.289 e. The number of piperazine rings is 1. The lowest BCUT2D eigenvalue weighted by Gasteiger charge is -2.38. The molecule has 1 aliphatic rings. The van der Waals surface area contributed by atoms with Crippen LogP contribution < -0.4 is 5.32 Å². The zero-order valence-corrected chi connectivity index (χ0v) is 21.2. The van der Waals surface area contributed by atoms with E-state index in [4.69, 9.17) is 23.2 Å². The number of carbonyl (C=O) groups excluding carboxylic acids is 1. The van der Waals surface area contributed by atoms with Crippen molar-refractivity contribution in [3.8, 4) is 0 Å².